The zero-order valence-corrected chi connectivity index (χ0v) is 12.7. The highest BCUT2D eigenvalue weighted by Crippen LogP contribution is 2.15. The van der Waals surface area contributed by atoms with Gasteiger partial charge in [0.05, 0.1) is 11.5 Å². The van der Waals surface area contributed by atoms with Crippen molar-refractivity contribution in [2.24, 2.45) is 0 Å². The van der Waals surface area contributed by atoms with E-state index >= 15 is 0 Å². The summed E-state index contributed by atoms with van der Waals surface area (Å²) >= 11 is 0. The monoisotopic (exact) mass is 300 g/mol. The topological polar surface area (TPSA) is 97.7 Å². The second kappa shape index (κ2) is 7.98. The second-order valence-electron chi connectivity index (χ2n) is 4.99. The quantitative estimate of drug-likeness (QED) is 0.883. The summed E-state index contributed by atoms with van der Waals surface area (Å²) in [5.74, 6) is 0.850. The Hall–Kier alpha value is -2.62. The Balaban J connectivity index is 0.000000160. The van der Waals surface area contributed by atoms with Crippen molar-refractivity contribution in [1.82, 2.24) is 19.9 Å². The summed E-state index contributed by atoms with van der Waals surface area (Å²) in [6, 6.07) is 3.82. The van der Waals surface area contributed by atoms with Gasteiger partial charge in [0.1, 0.15) is 24.2 Å². The van der Waals surface area contributed by atoms with Gasteiger partial charge in [-0.1, -0.05) is 0 Å². The lowest BCUT2D eigenvalue weighted by molar-refractivity contribution is -0.130. The van der Waals surface area contributed by atoms with Crippen LogP contribution in [0.15, 0.2) is 18.6 Å². The number of H-pyrrole nitrogens is 1. The number of hydrogen-bond acceptors (Lipinski definition) is 5. The van der Waals surface area contributed by atoms with Crippen LogP contribution in [-0.4, -0.2) is 45.9 Å². The number of piperidine rings is 1. The van der Waals surface area contributed by atoms with Gasteiger partial charge < -0.3 is 15.2 Å². The first kappa shape index (κ1) is 15.8. The molecular weight excluding hydrogens is 280 g/mol. The largest absolute Gasteiger partial charge is 0.372 e. The molecule has 0 atom stereocenters. The van der Waals surface area contributed by atoms with Crippen LogP contribution >= 0.6 is 0 Å². The summed E-state index contributed by atoms with van der Waals surface area (Å²) in [6.07, 6.45) is 6.83. The van der Waals surface area contributed by atoms with Crippen LogP contribution in [0.2, 0.25) is 0 Å². The molecule has 116 valence electrons. The third-order valence-electron chi connectivity index (χ3n) is 3.53. The maximum Gasteiger partial charge on any atom is 0.236 e. The first-order valence-corrected chi connectivity index (χ1v) is 7.37. The van der Waals surface area contributed by atoms with E-state index in [1.165, 1.54) is 12.7 Å². The predicted octanol–water partition coefficient (Wildman–Crippen LogP) is 1.91. The van der Waals surface area contributed by atoms with Crippen molar-refractivity contribution in [3.8, 4) is 6.07 Å². The van der Waals surface area contributed by atoms with Gasteiger partial charge >= 0.3 is 0 Å². The number of rotatable bonds is 2. The number of nitrogens with zero attached hydrogens (tertiary/aromatic N) is 4. The lowest BCUT2D eigenvalue weighted by Crippen LogP contribution is -2.35. The Labute approximate surface area is 129 Å². The number of hydrogen-bond donors (Lipinski definition) is 2. The SMILES string of the molecule is CNc1ncnc2[nH]ccc12.N#CCC(=O)N1CCCCC1. The van der Waals surface area contributed by atoms with Gasteiger partial charge in [-0.15, -0.1) is 0 Å². The van der Waals surface area contributed by atoms with Crippen molar-refractivity contribution >= 4 is 22.8 Å². The second-order valence-corrected chi connectivity index (χ2v) is 4.99. The number of likely N-dealkylation sites (tertiary alicyclic amines) is 1. The van der Waals surface area contributed by atoms with Gasteiger partial charge in [-0.25, -0.2) is 9.97 Å². The predicted molar refractivity (Wildman–Crippen MR) is 84.1 cm³/mol. The maximum absolute atomic E-state index is 11.1. The number of fused-ring (bicyclic) bond motifs is 1. The summed E-state index contributed by atoms with van der Waals surface area (Å²) in [5, 5.41) is 12.3. The first-order valence-electron chi connectivity index (χ1n) is 7.37. The summed E-state index contributed by atoms with van der Waals surface area (Å²) in [4.78, 5) is 24.0. The van der Waals surface area contributed by atoms with E-state index in [9.17, 15) is 4.79 Å². The molecule has 2 aromatic heterocycles. The minimum absolute atomic E-state index is 0.00722. The van der Waals surface area contributed by atoms with E-state index in [0.717, 1.165) is 42.8 Å². The lowest BCUT2D eigenvalue weighted by Gasteiger charge is -2.25. The molecule has 0 radical (unpaired) electrons. The van der Waals surface area contributed by atoms with E-state index < -0.39 is 0 Å². The molecule has 0 bridgehead atoms. The number of nitrogens with one attached hydrogen (secondary N) is 2. The molecule has 7 heteroatoms. The van der Waals surface area contributed by atoms with Gasteiger partial charge in [0.25, 0.3) is 0 Å². The number of carbonyl (C=O) groups excluding carboxylic acids is 1. The molecule has 22 heavy (non-hydrogen) atoms. The molecule has 0 unspecified atom stereocenters. The normalized spacial score (nSPS) is 13.9. The molecule has 0 aromatic carbocycles. The molecule has 1 amide bonds. The first-order chi connectivity index (χ1) is 10.8. The molecule has 7 nitrogen and oxygen atoms in total. The van der Waals surface area contributed by atoms with E-state index in [-0.39, 0.29) is 12.3 Å². The van der Waals surface area contributed by atoms with Crippen LogP contribution in [-0.2, 0) is 4.79 Å². The van der Waals surface area contributed by atoms with Crippen molar-refractivity contribution in [3.05, 3.63) is 18.6 Å². The Morgan fingerprint density at radius 2 is 2.18 bits per heavy atom. The molecule has 0 saturated carbocycles. The van der Waals surface area contributed by atoms with E-state index in [1.54, 1.807) is 4.90 Å². The van der Waals surface area contributed by atoms with E-state index in [0.29, 0.717) is 0 Å². The van der Waals surface area contributed by atoms with Gasteiger partial charge in [-0.3, -0.25) is 4.79 Å². The Morgan fingerprint density at radius 1 is 1.41 bits per heavy atom. The molecule has 2 aromatic rings. The fraction of sp³-hybridized carbons (Fsp3) is 0.467. The molecule has 1 aliphatic heterocycles. The Bertz CT molecular complexity index is 653. The molecule has 1 aliphatic rings. The van der Waals surface area contributed by atoms with Gasteiger partial charge in [-0.2, -0.15) is 5.26 Å². The number of amides is 1. The standard InChI is InChI=1S/C8H12N2O.C7H8N4/c9-5-4-8(11)10-6-2-1-3-7-10;1-8-6-5-2-3-9-7(5)11-4-10-6/h1-4,6-7H2;2-4H,1H3,(H2,8,9,10,11). The zero-order valence-electron chi connectivity index (χ0n) is 12.7. The maximum atomic E-state index is 11.1. The highest BCUT2D eigenvalue weighted by Gasteiger charge is 2.15. The molecule has 1 saturated heterocycles. The average molecular weight is 300 g/mol. The molecule has 0 aliphatic carbocycles. The molecule has 3 heterocycles. The molecular formula is C15H20N6O. The van der Waals surface area contributed by atoms with Gasteiger partial charge in [0, 0.05) is 26.3 Å². The number of anilines is 1. The van der Waals surface area contributed by atoms with E-state index in [2.05, 4.69) is 20.3 Å². The minimum atomic E-state index is -0.00722. The third-order valence-corrected chi connectivity index (χ3v) is 3.53. The van der Waals surface area contributed by atoms with Gasteiger partial charge in [0.2, 0.25) is 5.91 Å². The highest BCUT2D eigenvalue weighted by molar-refractivity contribution is 5.86. The summed E-state index contributed by atoms with van der Waals surface area (Å²) in [6.45, 7) is 1.70. The third kappa shape index (κ3) is 3.95. The van der Waals surface area contributed by atoms with Crippen molar-refractivity contribution in [2.45, 2.75) is 25.7 Å². The summed E-state index contributed by atoms with van der Waals surface area (Å²) in [5.41, 5.74) is 0.865. The van der Waals surface area contributed by atoms with Crippen molar-refractivity contribution < 1.29 is 4.79 Å². The number of carbonyl (C=O) groups is 1. The van der Waals surface area contributed by atoms with Crippen LogP contribution in [0, 0.1) is 11.3 Å². The van der Waals surface area contributed by atoms with Crippen LogP contribution in [0.3, 0.4) is 0 Å². The molecule has 0 spiro atoms. The van der Waals surface area contributed by atoms with Crippen LogP contribution in [0.25, 0.3) is 11.0 Å². The fourth-order valence-electron chi connectivity index (χ4n) is 2.39. The van der Waals surface area contributed by atoms with Crippen LogP contribution in [0.1, 0.15) is 25.7 Å². The van der Waals surface area contributed by atoms with Crippen LogP contribution in [0.5, 0.6) is 0 Å². The summed E-state index contributed by atoms with van der Waals surface area (Å²) in [7, 11) is 1.84. The highest BCUT2D eigenvalue weighted by atomic mass is 16.2. The fourth-order valence-corrected chi connectivity index (χ4v) is 2.39. The lowest BCUT2D eigenvalue weighted by atomic mass is 10.1. The number of aromatic nitrogens is 3. The summed E-state index contributed by atoms with van der Waals surface area (Å²) < 4.78 is 0. The number of nitriles is 1. The van der Waals surface area contributed by atoms with Crippen LogP contribution in [0.4, 0.5) is 5.82 Å². The molecule has 2 N–H and O–H groups in total. The van der Waals surface area contributed by atoms with Crippen molar-refractivity contribution in [1.29, 1.82) is 5.26 Å². The van der Waals surface area contributed by atoms with E-state index in [4.69, 9.17) is 5.26 Å². The van der Waals surface area contributed by atoms with E-state index in [1.807, 2.05) is 25.4 Å². The van der Waals surface area contributed by atoms with Crippen molar-refractivity contribution in [3.63, 3.8) is 0 Å². The Morgan fingerprint density at radius 3 is 2.86 bits per heavy atom. The van der Waals surface area contributed by atoms with Crippen LogP contribution < -0.4 is 5.32 Å². The number of aromatic amines is 1. The average Bonchev–Trinajstić information content (AvgIpc) is 3.05. The van der Waals surface area contributed by atoms with Gasteiger partial charge in [0.15, 0.2) is 0 Å². The molecule has 3 rings (SSSR count). The smallest absolute Gasteiger partial charge is 0.236 e. The van der Waals surface area contributed by atoms with Gasteiger partial charge in [-0.05, 0) is 25.3 Å². The Kier molecular flexibility index (Phi) is 5.72. The van der Waals surface area contributed by atoms with Crippen molar-refractivity contribution in [2.75, 3.05) is 25.5 Å². The minimum Gasteiger partial charge on any atom is -0.372 e. The zero-order chi connectivity index (χ0) is 15.8. The molecule has 1 fully saturated rings.